The summed E-state index contributed by atoms with van der Waals surface area (Å²) in [5.41, 5.74) is 0.494. The highest BCUT2D eigenvalue weighted by atomic mass is 79.9. The Morgan fingerprint density at radius 1 is 1.19 bits per heavy atom. The lowest BCUT2D eigenvalue weighted by Crippen LogP contribution is -2.10. The van der Waals surface area contributed by atoms with Crippen molar-refractivity contribution in [2.24, 2.45) is 0 Å². The van der Waals surface area contributed by atoms with Gasteiger partial charge in [-0.25, -0.2) is 0 Å². The standard InChI is InChI=1S/C13H10BrNO5S/c1-9-7-12(5-6-13(9)14)21(18,19)20-11-4-2-3-10(8-11)15(16)17/h2-8H,1H3. The van der Waals surface area contributed by atoms with Gasteiger partial charge in [0, 0.05) is 10.5 Å². The molecule has 0 unspecified atom stereocenters. The summed E-state index contributed by atoms with van der Waals surface area (Å²) in [6, 6.07) is 9.46. The third-order valence-electron chi connectivity index (χ3n) is 2.65. The maximum absolute atomic E-state index is 12.1. The number of aryl methyl sites for hydroxylation is 1. The number of nitro groups is 1. The van der Waals surface area contributed by atoms with Gasteiger partial charge in [0.1, 0.15) is 10.6 Å². The van der Waals surface area contributed by atoms with Crippen molar-refractivity contribution in [3.8, 4) is 5.75 Å². The molecule has 0 saturated heterocycles. The number of hydrogen-bond donors (Lipinski definition) is 0. The van der Waals surface area contributed by atoms with Gasteiger partial charge in [0.05, 0.1) is 11.0 Å². The van der Waals surface area contributed by atoms with Gasteiger partial charge in [-0.3, -0.25) is 10.1 Å². The van der Waals surface area contributed by atoms with E-state index in [1.165, 1.54) is 30.3 Å². The van der Waals surface area contributed by atoms with Crippen LogP contribution in [0.25, 0.3) is 0 Å². The van der Waals surface area contributed by atoms with Crippen molar-refractivity contribution in [2.45, 2.75) is 11.8 Å². The van der Waals surface area contributed by atoms with E-state index < -0.39 is 15.0 Å². The Kier molecular flexibility index (Phi) is 4.29. The molecule has 0 aliphatic heterocycles. The van der Waals surface area contributed by atoms with Gasteiger partial charge in [-0.05, 0) is 36.8 Å². The van der Waals surface area contributed by atoms with Crippen LogP contribution in [0.3, 0.4) is 0 Å². The van der Waals surface area contributed by atoms with Gasteiger partial charge in [-0.2, -0.15) is 8.42 Å². The van der Waals surface area contributed by atoms with Crippen LogP contribution in [-0.4, -0.2) is 13.3 Å². The summed E-state index contributed by atoms with van der Waals surface area (Å²) in [5.74, 6) is -0.107. The first-order valence-electron chi connectivity index (χ1n) is 5.75. The fourth-order valence-corrected chi connectivity index (χ4v) is 2.85. The lowest BCUT2D eigenvalue weighted by molar-refractivity contribution is -0.384. The predicted octanol–water partition coefficient (Wildman–Crippen LogP) is 3.43. The average molecular weight is 372 g/mol. The van der Waals surface area contributed by atoms with Crippen LogP contribution in [0.5, 0.6) is 5.75 Å². The molecule has 2 aromatic rings. The van der Waals surface area contributed by atoms with Gasteiger partial charge in [0.2, 0.25) is 0 Å². The lowest BCUT2D eigenvalue weighted by atomic mass is 10.2. The Hall–Kier alpha value is -1.93. The van der Waals surface area contributed by atoms with E-state index >= 15 is 0 Å². The molecule has 8 heteroatoms. The molecule has 0 aliphatic rings. The van der Waals surface area contributed by atoms with Gasteiger partial charge in [0.25, 0.3) is 5.69 Å². The van der Waals surface area contributed by atoms with Crippen molar-refractivity contribution in [1.82, 2.24) is 0 Å². The summed E-state index contributed by atoms with van der Waals surface area (Å²) in [4.78, 5) is 10.0. The molecule has 110 valence electrons. The molecule has 0 amide bonds. The third kappa shape index (κ3) is 3.59. The van der Waals surface area contributed by atoms with E-state index in [4.69, 9.17) is 4.18 Å². The summed E-state index contributed by atoms with van der Waals surface area (Å²) in [6.45, 7) is 1.75. The molecule has 6 nitrogen and oxygen atoms in total. The SMILES string of the molecule is Cc1cc(S(=O)(=O)Oc2cccc([N+](=O)[O-])c2)ccc1Br. The zero-order valence-corrected chi connectivity index (χ0v) is 13.2. The molecule has 0 aliphatic carbocycles. The molecule has 21 heavy (non-hydrogen) atoms. The molecule has 0 heterocycles. The maximum atomic E-state index is 12.1. The average Bonchev–Trinajstić information content (AvgIpc) is 2.41. The minimum atomic E-state index is -4.04. The Morgan fingerprint density at radius 3 is 2.52 bits per heavy atom. The Balaban J connectivity index is 2.35. The van der Waals surface area contributed by atoms with Gasteiger partial charge < -0.3 is 4.18 Å². The van der Waals surface area contributed by atoms with E-state index in [-0.39, 0.29) is 16.3 Å². The van der Waals surface area contributed by atoms with Gasteiger partial charge in [-0.15, -0.1) is 0 Å². The van der Waals surface area contributed by atoms with E-state index in [9.17, 15) is 18.5 Å². The summed E-state index contributed by atoms with van der Waals surface area (Å²) in [6.07, 6.45) is 0. The molecule has 0 saturated carbocycles. The van der Waals surface area contributed by atoms with Crippen LogP contribution in [0.1, 0.15) is 5.56 Å². The van der Waals surface area contributed by atoms with E-state index in [1.807, 2.05) is 0 Å². The molecule has 0 bridgehead atoms. The van der Waals surface area contributed by atoms with Crippen molar-refractivity contribution in [3.63, 3.8) is 0 Å². The van der Waals surface area contributed by atoms with Gasteiger partial charge >= 0.3 is 10.1 Å². The van der Waals surface area contributed by atoms with Crippen LogP contribution in [0.15, 0.2) is 51.8 Å². The molecule has 0 fully saturated rings. The quantitative estimate of drug-likeness (QED) is 0.466. The normalized spacial score (nSPS) is 11.1. The second-order valence-electron chi connectivity index (χ2n) is 4.20. The largest absolute Gasteiger partial charge is 0.379 e. The van der Waals surface area contributed by atoms with E-state index in [0.29, 0.717) is 0 Å². The van der Waals surface area contributed by atoms with Crippen LogP contribution in [-0.2, 0) is 10.1 Å². The highest BCUT2D eigenvalue weighted by molar-refractivity contribution is 9.10. The van der Waals surface area contributed by atoms with Crippen molar-refractivity contribution in [2.75, 3.05) is 0 Å². The summed E-state index contributed by atoms with van der Waals surface area (Å²) in [5, 5.41) is 10.7. The number of nitro benzene ring substituents is 1. The molecule has 2 aromatic carbocycles. The second kappa shape index (κ2) is 5.82. The highest BCUT2D eigenvalue weighted by Crippen LogP contribution is 2.25. The molecule has 2 rings (SSSR count). The van der Waals surface area contributed by atoms with Crippen LogP contribution < -0.4 is 4.18 Å². The summed E-state index contributed by atoms with van der Waals surface area (Å²) < 4.78 is 30.0. The van der Waals surface area contributed by atoms with E-state index in [0.717, 1.165) is 16.1 Å². The number of benzene rings is 2. The first kappa shape index (κ1) is 15.5. The molecular formula is C13H10BrNO5S. The van der Waals surface area contributed by atoms with Crippen molar-refractivity contribution in [1.29, 1.82) is 0 Å². The van der Waals surface area contributed by atoms with E-state index in [1.54, 1.807) is 13.0 Å². The number of halogens is 1. The first-order chi connectivity index (χ1) is 9.79. The number of rotatable bonds is 4. The second-order valence-corrected chi connectivity index (χ2v) is 6.60. The number of hydrogen-bond acceptors (Lipinski definition) is 5. The van der Waals surface area contributed by atoms with Crippen molar-refractivity contribution in [3.05, 3.63) is 62.6 Å². The zero-order valence-electron chi connectivity index (χ0n) is 10.8. The Bertz CT molecular complexity index is 804. The fourth-order valence-electron chi connectivity index (χ4n) is 1.60. The number of non-ortho nitro benzene ring substituents is 1. The van der Waals surface area contributed by atoms with Crippen LogP contribution in [0, 0.1) is 17.0 Å². The summed E-state index contributed by atoms with van der Waals surface area (Å²) >= 11 is 3.28. The molecule has 0 aromatic heterocycles. The van der Waals surface area contributed by atoms with Crippen molar-refractivity contribution >= 4 is 31.7 Å². The third-order valence-corrected chi connectivity index (χ3v) is 4.79. The smallest absolute Gasteiger partial charge is 0.339 e. The molecule has 0 N–H and O–H groups in total. The summed E-state index contributed by atoms with van der Waals surface area (Å²) in [7, 11) is -4.04. The highest BCUT2D eigenvalue weighted by Gasteiger charge is 2.18. The Morgan fingerprint density at radius 2 is 1.90 bits per heavy atom. The first-order valence-corrected chi connectivity index (χ1v) is 7.95. The molecule has 0 radical (unpaired) electrons. The van der Waals surface area contributed by atoms with Crippen molar-refractivity contribution < 1.29 is 17.5 Å². The molecule has 0 spiro atoms. The van der Waals surface area contributed by atoms with E-state index in [2.05, 4.69) is 15.9 Å². The lowest BCUT2D eigenvalue weighted by Gasteiger charge is -2.08. The Labute approximate surface area is 129 Å². The topological polar surface area (TPSA) is 86.5 Å². The van der Waals surface area contributed by atoms with Gasteiger partial charge in [-0.1, -0.05) is 22.0 Å². The van der Waals surface area contributed by atoms with Crippen LogP contribution >= 0.6 is 15.9 Å². The molecular weight excluding hydrogens is 362 g/mol. The monoisotopic (exact) mass is 371 g/mol. The van der Waals surface area contributed by atoms with Crippen LogP contribution in [0.2, 0.25) is 0 Å². The minimum absolute atomic E-state index is 0.0188. The number of nitrogens with zero attached hydrogens (tertiary/aromatic N) is 1. The zero-order chi connectivity index (χ0) is 15.6. The van der Waals surface area contributed by atoms with Gasteiger partial charge in [0.15, 0.2) is 0 Å². The predicted molar refractivity (Wildman–Crippen MR) is 79.8 cm³/mol. The van der Waals surface area contributed by atoms with Crippen LogP contribution in [0.4, 0.5) is 5.69 Å². The molecule has 0 atom stereocenters. The maximum Gasteiger partial charge on any atom is 0.339 e. The fraction of sp³-hybridized carbons (Fsp3) is 0.0769. The minimum Gasteiger partial charge on any atom is -0.379 e.